The lowest BCUT2D eigenvalue weighted by atomic mass is 10.2. The van der Waals surface area contributed by atoms with E-state index in [9.17, 15) is 13.2 Å². The minimum atomic E-state index is -3.29. The number of hydrogen-bond acceptors (Lipinski definition) is 5. The summed E-state index contributed by atoms with van der Waals surface area (Å²) in [6.45, 7) is 0.529. The van der Waals surface area contributed by atoms with Gasteiger partial charge in [-0.2, -0.15) is 0 Å². The molecule has 21 heavy (non-hydrogen) atoms. The number of rotatable bonds is 5. The molecule has 0 aliphatic carbocycles. The number of amides is 1. The third-order valence-corrected chi connectivity index (χ3v) is 5.57. The molecule has 0 bridgehead atoms. The fourth-order valence-electron chi connectivity index (χ4n) is 2.31. The minimum Gasteiger partial charge on any atom is -0.492 e. The summed E-state index contributed by atoms with van der Waals surface area (Å²) < 4.78 is 29.1. The van der Waals surface area contributed by atoms with Crippen molar-refractivity contribution in [2.24, 2.45) is 0 Å². The van der Waals surface area contributed by atoms with E-state index in [2.05, 4.69) is 5.32 Å². The van der Waals surface area contributed by atoms with Gasteiger partial charge in [-0.25, -0.2) is 8.42 Å². The summed E-state index contributed by atoms with van der Waals surface area (Å²) >= 11 is 0. The molecular formula is C14H20N2O4S. The highest BCUT2D eigenvalue weighted by molar-refractivity contribution is 7.92. The zero-order valence-corrected chi connectivity index (χ0v) is 12.6. The second kappa shape index (κ2) is 6.80. The van der Waals surface area contributed by atoms with Gasteiger partial charge in [0.25, 0.3) is 0 Å². The lowest BCUT2D eigenvalue weighted by molar-refractivity contribution is -0.121. The van der Waals surface area contributed by atoms with Gasteiger partial charge >= 0.3 is 0 Å². The van der Waals surface area contributed by atoms with Crippen LogP contribution in [0.15, 0.2) is 24.3 Å². The Morgan fingerprint density at radius 1 is 1.38 bits per heavy atom. The van der Waals surface area contributed by atoms with E-state index in [-0.39, 0.29) is 18.9 Å². The van der Waals surface area contributed by atoms with Crippen molar-refractivity contribution in [3.05, 3.63) is 24.3 Å². The van der Waals surface area contributed by atoms with Crippen molar-refractivity contribution in [2.75, 3.05) is 24.6 Å². The maximum atomic E-state index is 11.9. The van der Waals surface area contributed by atoms with Crippen molar-refractivity contribution < 1.29 is 17.9 Å². The van der Waals surface area contributed by atoms with Crippen molar-refractivity contribution in [1.29, 1.82) is 0 Å². The highest BCUT2D eigenvalue weighted by Gasteiger charge is 2.34. The van der Waals surface area contributed by atoms with Gasteiger partial charge in [0.05, 0.1) is 12.3 Å². The Hall–Kier alpha value is -1.76. The monoisotopic (exact) mass is 312 g/mol. The van der Waals surface area contributed by atoms with Gasteiger partial charge in [0, 0.05) is 11.8 Å². The maximum Gasteiger partial charge on any atom is 0.238 e. The lowest BCUT2D eigenvalue weighted by Crippen LogP contribution is -2.43. The summed E-state index contributed by atoms with van der Waals surface area (Å²) in [6.07, 6.45) is 1.83. The first-order valence-corrected chi connectivity index (χ1v) is 8.68. The minimum absolute atomic E-state index is 0.102. The molecule has 1 unspecified atom stereocenters. The van der Waals surface area contributed by atoms with Crippen LogP contribution in [0, 0.1) is 0 Å². The topological polar surface area (TPSA) is 98.5 Å². The van der Waals surface area contributed by atoms with Gasteiger partial charge in [0.1, 0.15) is 17.6 Å². The maximum absolute atomic E-state index is 11.9. The van der Waals surface area contributed by atoms with Crippen LogP contribution in [0.3, 0.4) is 0 Å². The van der Waals surface area contributed by atoms with Gasteiger partial charge in [-0.05, 0) is 25.0 Å². The van der Waals surface area contributed by atoms with Crippen molar-refractivity contribution >= 4 is 21.4 Å². The Morgan fingerprint density at radius 2 is 2.19 bits per heavy atom. The molecule has 1 atom stereocenters. The molecular weight excluding hydrogens is 292 g/mol. The Bertz CT molecular complexity index is 601. The molecule has 3 N–H and O–H groups in total. The summed E-state index contributed by atoms with van der Waals surface area (Å²) in [6, 6.07) is 6.98. The molecule has 0 saturated carbocycles. The van der Waals surface area contributed by atoms with Gasteiger partial charge in [-0.15, -0.1) is 0 Å². The normalized spacial score (nSPS) is 20.7. The van der Waals surface area contributed by atoms with E-state index in [4.69, 9.17) is 10.5 Å². The number of benzene rings is 1. The summed E-state index contributed by atoms with van der Waals surface area (Å²) in [5.74, 6) is 0.297. The van der Waals surface area contributed by atoms with Gasteiger partial charge in [-0.3, -0.25) is 4.79 Å². The first kappa shape index (κ1) is 15.6. The Kier molecular flexibility index (Phi) is 5.06. The molecule has 1 fully saturated rings. The van der Waals surface area contributed by atoms with Crippen molar-refractivity contribution in [1.82, 2.24) is 5.32 Å². The number of nitrogens with one attached hydrogen (secondary N) is 1. The lowest BCUT2D eigenvalue weighted by Gasteiger charge is -2.21. The molecule has 116 valence electrons. The van der Waals surface area contributed by atoms with E-state index >= 15 is 0 Å². The van der Waals surface area contributed by atoms with E-state index < -0.39 is 21.0 Å². The second-order valence-corrected chi connectivity index (χ2v) is 7.37. The molecule has 2 rings (SSSR count). The Balaban J connectivity index is 1.77. The smallest absolute Gasteiger partial charge is 0.238 e. The van der Waals surface area contributed by atoms with Crippen molar-refractivity contribution in [3.63, 3.8) is 0 Å². The fourth-order valence-corrected chi connectivity index (χ4v) is 4.14. The van der Waals surface area contributed by atoms with Gasteiger partial charge in [0.2, 0.25) is 5.91 Å². The van der Waals surface area contributed by atoms with E-state index in [0.717, 1.165) is 6.42 Å². The zero-order valence-electron chi connectivity index (χ0n) is 11.7. The zero-order chi connectivity index (χ0) is 15.3. The average Bonchev–Trinajstić information content (AvgIpc) is 2.43. The van der Waals surface area contributed by atoms with E-state index in [1.807, 2.05) is 0 Å². The largest absolute Gasteiger partial charge is 0.492 e. The van der Waals surface area contributed by atoms with Crippen LogP contribution < -0.4 is 15.8 Å². The molecule has 1 aromatic carbocycles. The number of carbonyl (C=O) groups is 1. The number of carbonyl (C=O) groups excluding carboxylic acids is 1. The van der Waals surface area contributed by atoms with Crippen LogP contribution in [0.4, 0.5) is 5.69 Å². The number of anilines is 1. The second-order valence-electron chi connectivity index (χ2n) is 5.06. The molecule has 0 radical (unpaired) electrons. The van der Waals surface area contributed by atoms with Crippen LogP contribution in [-0.4, -0.2) is 38.5 Å². The Labute approximate surface area is 124 Å². The molecule has 0 aromatic heterocycles. The SMILES string of the molecule is Nc1cccc(OCCNC(=O)C2CCCCS2(=O)=O)c1. The summed E-state index contributed by atoms with van der Waals surface area (Å²) in [7, 11) is -3.29. The number of hydrogen-bond donors (Lipinski definition) is 2. The van der Waals surface area contributed by atoms with Crippen LogP contribution in [0.25, 0.3) is 0 Å². The van der Waals surface area contributed by atoms with E-state index in [1.54, 1.807) is 24.3 Å². The molecule has 1 heterocycles. The van der Waals surface area contributed by atoms with E-state index in [0.29, 0.717) is 24.3 Å². The number of nitrogens with two attached hydrogens (primary N) is 1. The van der Waals surface area contributed by atoms with Crippen LogP contribution in [0.2, 0.25) is 0 Å². The fraction of sp³-hybridized carbons (Fsp3) is 0.500. The molecule has 6 nitrogen and oxygen atoms in total. The van der Waals surface area contributed by atoms with Gasteiger partial charge in [0.15, 0.2) is 9.84 Å². The van der Waals surface area contributed by atoms with Crippen LogP contribution in [0.5, 0.6) is 5.75 Å². The van der Waals surface area contributed by atoms with Crippen LogP contribution >= 0.6 is 0 Å². The third-order valence-electron chi connectivity index (χ3n) is 3.40. The number of ether oxygens (including phenoxy) is 1. The summed E-state index contributed by atoms with van der Waals surface area (Å²) in [5.41, 5.74) is 6.22. The molecule has 7 heteroatoms. The number of nitrogen functional groups attached to an aromatic ring is 1. The predicted octanol–water partition coefficient (Wildman–Crippen LogP) is 0.731. The highest BCUT2D eigenvalue weighted by atomic mass is 32.2. The standard InChI is InChI=1S/C14H20N2O4S/c15-11-4-3-5-12(10-11)20-8-7-16-14(17)13-6-1-2-9-21(13,18)19/h3-5,10,13H,1-2,6-9,15H2,(H,16,17). The van der Waals surface area contributed by atoms with Gasteiger partial charge < -0.3 is 15.8 Å². The molecule has 1 aliphatic rings. The average molecular weight is 312 g/mol. The molecule has 1 amide bonds. The third kappa shape index (κ3) is 4.35. The molecule has 1 saturated heterocycles. The first-order valence-electron chi connectivity index (χ1n) is 6.97. The quantitative estimate of drug-likeness (QED) is 0.617. The molecule has 1 aromatic rings. The molecule has 0 spiro atoms. The summed E-state index contributed by atoms with van der Waals surface area (Å²) in [5, 5.41) is 1.71. The summed E-state index contributed by atoms with van der Waals surface area (Å²) in [4.78, 5) is 11.9. The first-order chi connectivity index (χ1) is 9.99. The Morgan fingerprint density at radius 3 is 2.90 bits per heavy atom. The van der Waals surface area contributed by atoms with Gasteiger partial charge in [-0.1, -0.05) is 12.5 Å². The predicted molar refractivity (Wildman–Crippen MR) is 80.8 cm³/mol. The highest BCUT2D eigenvalue weighted by Crippen LogP contribution is 2.19. The van der Waals surface area contributed by atoms with E-state index in [1.165, 1.54) is 0 Å². The van der Waals surface area contributed by atoms with Crippen LogP contribution in [0.1, 0.15) is 19.3 Å². The molecule has 1 aliphatic heterocycles. The van der Waals surface area contributed by atoms with Crippen molar-refractivity contribution in [2.45, 2.75) is 24.5 Å². The number of sulfone groups is 1. The van der Waals surface area contributed by atoms with Crippen LogP contribution in [-0.2, 0) is 14.6 Å². The van der Waals surface area contributed by atoms with Crippen molar-refractivity contribution in [3.8, 4) is 5.75 Å².